The predicted molar refractivity (Wildman–Crippen MR) is 141 cm³/mol. The van der Waals surface area contributed by atoms with E-state index in [0.717, 1.165) is 44.2 Å². The molecule has 1 aliphatic heterocycles. The van der Waals surface area contributed by atoms with E-state index in [4.69, 9.17) is 9.47 Å². The Morgan fingerprint density at radius 2 is 1.84 bits per heavy atom. The number of morpholine rings is 1. The summed E-state index contributed by atoms with van der Waals surface area (Å²) in [4.78, 5) is 19.3. The summed E-state index contributed by atoms with van der Waals surface area (Å²) in [6, 6.07) is 7.75. The molecular weight excluding hydrogens is 519 g/mol. The highest BCUT2D eigenvalue weighted by Gasteiger charge is 2.26. The van der Waals surface area contributed by atoms with E-state index in [1.807, 2.05) is 43.0 Å². The van der Waals surface area contributed by atoms with E-state index in [2.05, 4.69) is 36.4 Å². The van der Waals surface area contributed by atoms with Crippen molar-refractivity contribution in [1.82, 2.24) is 15.5 Å². The molecule has 1 aromatic carbocycles. The van der Waals surface area contributed by atoms with E-state index in [9.17, 15) is 4.79 Å². The zero-order valence-electron chi connectivity index (χ0n) is 20.2. The third-order valence-electron chi connectivity index (χ3n) is 4.88. The van der Waals surface area contributed by atoms with Crippen molar-refractivity contribution in [2.45, 2.75) is 59.8 Å². The molecule has 0 bridgehead atoms. The van der Waals surface area contributed by atoms with Crippen molar-refractivity contribution in [3.63, 3.8) is 0 Å². The van der Waals surface area contributed by atoms with Gasteiger partial charge in [-0.05, 0) is 50.8 Å². The van der Waals surface area contributed by atoms with Crippen molar-refractivity contribution in [3.8, 4) is 0 Å². The van der Waals surface area contributed by atoms with Crippen molar-refractivity contribution in [3.05, 3.63) is 35.4 Å². The number of halogens is 1. The SMILES string of the molecule is CCNC(=NCc1ccc(C(=O)N2CC(C)OC(C)C2)cc1)NCCCOCC(C)C.I. The summed E-state index contributed by atoms with van der Waals surface area (Å²) in [7, 11) is 0. The first-order valence-corrected chi connectivity index (χ1v) is 11.5. The van der Waals surface area contributed by atoms with Crippen LogP contribution in [0.3, 0.4) is 0 Å². The minimum absolute atomic E-state index is 0. The summed E-state index contributed by atoms with van der Waals surface area (Å²) in [5.74, 6) is 1.42. The number of ether oxygens (including phenoxy) is 2. The van der Waals surface area contributed by atoms with Gasteiger partial charge in [0.2, 0.25) is 0 Å². The molecule has 1 saturated heterocycles. The van der Waals surface area contributed by atoms with E-state index in [0.29, 0.717) is 31.1 Å². The fourth-order valence-corrected chi connectivity index (χ4v) is 3.49. The second kappa shape index (κ2) is 15.4. The molecule has 0 saturated carbocycles. The molecule has 1 aliphatic rings. The number of carbonyl (C=O) groups excluding carboxylic acids is 1. The molecule has 182 valence electrons. The summed E-state index contributed by atoms with van der Waals surface area (Å²) < 4.78 is 11.3. The Morgan fingerprint density at radius 3 is 2.44 bits per heavy atom. The number of nitrogens with one attached hydrogen (secondary N) is 2. The van der Waals surface area contributed by atoms with Gasteiger partial charge in [0, 0.05) is 45.0 Å². The van der Waals surface area contributed by atoms with E-state index in [1.165, 1.54) is 0 Å². The monoisotopic (exact) mass is 560 g/mol. The zero-order valence-corrected chi connectivity index (χ0v) is 22.6. The Kier molecular flexibility index (Phi) is 13.8. The molecule has 2 N–H and O–H groups in total. The molecule has 1 heterocycles. The Labute approximate surface area is 210 Å². The Hall–Kier alpha value is -1.39. The molecule has 1 amide bonds. The van der Waals surface area contributed by atoms with Gasteiger partial charge in [-0.3, -0.25) is 4.79 Å². The summed E-state index contributed by atoms with van der Waals surface area (Å²) in [6.45, 7) is 15.4. The zero-order chi connectivity index (χ0) is 22.6. The summed E-state index contributed by atoms with van der Waals surface area (Å²) in [5.41, 5.74) is 1.78. The van der Waals surface area contributed by atoms with Crippen molar-refractivity contribution in [2.75, 3.05) is 39.4 Å². The van der Waals surface area contributed by atoms with E-state index in [-0.39, 0.29) is 42.1 Å². The van der Waals surface area contributed by atoms with Gasteiger partial charge in [-0.1, -0.05) is 26.0 Å². The van der Waals surface area contributed by atoms with Crippen LogP contribution in [0.2, 0.25) is 0 Å². The fraction of sp³-hybridized carbons (Fsp3) is 0.667. The van der Waals surface area contributed by atoms with Crippen molar-refractivity contribution >= 4 is 35.8 Å². The molecule has 1 aromatic rings. The molecule has 0 aromatic heterocycles. The van der Waals surface area contributed by atoms with Gasteiger partial charge in [0.15, 0.2) is 5.96 Å². The van der Waals surface area contributed by atoms with Crippen LogP contribution in [-0.2, 0) is 16.0 Å². The van der Waals surface area contributed by atoms with Crippen LogP contribution in [0.1, 0.15) is 57.0 Å². The first kappa shape index (κ1) is 28.6. The van der Waals surface area contributed by atoms with Crippen LogP contribution in [0, 0.1) is 5.92 Å². The lowest BCUT2D eigenvalue weighted by Crippen LogP contribution is -2.48. The van der Waals surface area contributed by atoms with Gasteiger partial charge in [-0.2, -0.15) is 0 Å². The van der Waals surface area contributed by atoms with Gasteiger partial charge < -0.3 is 25.0 Å². The maximum absolute atomic E-state index is 12.8. The first-order chi connectivity index (χ1) is 14.9. The molecule has 0 radical (unpaired) electrons. The van der Waals surface area contributed by atoms with Crippen molar-refractivity contribution in [1.29, 1.82) is 0 Å². The Morgan fingerprint density at radius 1 is 1.19 bits per heavy atom. The lowest BCUT2D eigenvalue weighted by atomic mass is 10.1. The average molecular weight is 561 g/mol. The number of rotatable bonds is 10. The minimum atomic E-state index is 0. The van der Waals surface area contributed by atoms with Crippen molar-refractivity contribution < 1.29 is 14.3 Å². The van der Waals surface area contributed by atoms with Crippen LogP contribution >= 0.6 is 24.0 Å². The second-order valence-corrected chi connectivity index (χ2v) is 8.61. The third-order valence-corrected chi connectivity index (χ3v) is 4.88. The highest BCUT2D eigenvalue weighted by Crippen LogP contribution is 2.15. The highest BCUT2D eigenvalue weighted by atomic mass is 127. The molecule has 1 fully saturated rings. The molecule has 0 aliphatic carbocycles. The molecule has 7 nitrogen and oxygen atoms in total. The summed E-state index contributed by atoms with van der Waals surface area (Å²) in [5, 5.41) is 6.61. The van der Waals surface area contributed by atoms with Gasteiger partial charge in [0.05, 0.1) is 18.8 Å². The second-order valence-electron chi connectivity index (χ2n) is 8.61. The number of nitrogens with zero attached hydrogens (tertiary/aromatic N) is 2. The molecular formula is C24H41IN4O3. The Bertz CT molecular complexity index is 687. The smallest absolute Gasteiger partial charge is 0.254 e. The quantitative estimate of drug-likeness (QED) is 0.198. The Balaban J connectivity index is 0.00000512. The van der Waals surface area contributed by atoms with Crippen LogP contribution in [0.4, 0.5) is 0 Å². The normalized spacial score (nSPS) is 18.9. The van der Waals surface area contributed by atoms with Gasteiger partial charge >= 0.3 is 0 Å². The van der Waals surface area contributed by atoms with E-state index < -0.39 is 0 Å². The number of aliphatic imine (C=N–C) groups is 1. The standard InChI is InChI=1S/C24H40N4O3.HI/c1-6-25-24(26-12-7-13-30-17-18(2)3)27-14-21-8-10-22(11-9-21)23(29)28-15-19(4)31-20(5)16-28;/h8-11,18-20H,6-7,12-17H2,1-5H3,(H2,25,26,27);1H. The van der Waals surface area contributed by atoms with Gasteiger partial charge in [-0.15, -0.1) is 24.0 Å². The predicted octanol–water partition coefficient (Wildman–Crippen LogP) is 3.67. The minimum Gasteiger partial charge on any atom is -0.381 e. The van der Waals surface area contributed by atoms with Gasteiger partial charge in [0.25, 0.3) is 5.91 Å². The number of carbonyl (C=O) groups is 1. The third kappa shape index (κ3) is 10.5. The molecule has 0 spiro atoms. The van der Waals surface area contributed by atoms with Crippen LogP contribution in [0.15, 0.2) is 29.3 Å². The average Bonchev–Trinajstić information content (AvgIpc) is 2.73. The number of hydrogen-bond acceptors (Lipinski definition) is 4. The highest BCUT2D eigenvalue weighted by molar-refractivity contribution is 14.0. The summed E-state index contributed by atoms with van der Waals surface area (Å²) >= 11 is 0. The lowest BCUT2D eigenvalue weighted by molar-refractivity contribution is -0.0586. The van der Waals surface area contributed by atoms with Crippen LogP contribution in [-0.4, -0.2) is 68.4 Å². The molecule has 2 rings (SSSR count). The topological polar surface area (TPSA) is 75.2 Å². The maximum Gasteiger partial charge on any atom is 0.254 e. The molecule has 32 heavy (non-hydrogen) atoms. The van der Waals surface area contributed by atoms with E-state index in [1.54, 1.807) is 0 Å². The molecule has 2 atom stereocenters. The maximum atomic E-state index is 12.8. The number of benzene rings is 1. The summed E-state index contributed by atoms with van der Waals surface area (Å²) in [6.07, 6.45) is 1.08. The number of hydrogen-bond donors (Lipinski definition) is 2. The van der Waals surface area contributed by atoms with E-state index >= 15 is 0 Å². The van der Waals surface area contributed by atoms with Crippen LogP contribution in [0.5, 0.6) is 0 Å². The van der Waals surface area contributed by atoms with Gasteiger partial charge in [0.1, 0.15) is 0 Å². The van der Waals surface area contributed by atoms with Crippen molar-refractivity contribution in [2.24, 2.45) is 10.9 Å². The lowest BCUT2D eigenvalue weighted by Gasteiger charge is -2.35. The first-order valence-electron chi connectivity index (χ1n) is 11.5. The van der Waals surface area contributed by atoms with Crippen LogP contribution in [0.25, 0.3) is 0 Å². The number of guanidine groups is 1. The largest absolute Gasteiger partial charge is 0.381 e. The number of amides is 1. The molecule has 8 heteroatoms. The van der Waals surface area contributed by atoms with Gasteiger partial charge in [-0.25, -0.2) is 4.99 Å². The molecule has 2 unspecified atom stereocenters. The fourth-order valence-electron chi connectivity index (χ4n) is 3.49. The van der Waals surface area contributed by atoms with Crippen LogP contribution < -0.4 is 10.6 Å².